The molecule has 0 spiro atoms. The summed E-state index contributed by atoms with van der Waals surface area (Å²) in [7, 11) is 1.55. The first-order valence-electron chi connectivity index (χ1n) is 10.3. The molecule has 2 atom stereocenters. The van der Waals surface area contributed by atoms with Gasteiger partial charge in [0.25, 0.3) is 5.91 Å². The van der Waals surface area contributed by atoms with Gasteiger partial charge in [0.2, 0.25) is 11.7 Å². The van der Waals surface area contributed by atoms with E-state index in [9.17, 15) is 19.2 Å². The molecule has 13 nitrogen and oxygen atoms in total. The average molecular weight is 454 g/mol. The highest BCUT2D eigenvalue weighted by Gasteiger charge is 2.33. The van der Waals surface area contributed by atoms with E-state index >= 15 is 0 Å². The van der Waals surface area contributed by atoms with Crippen molar-refractivity contribution in [1.29, 1.82) is 0 Å². The van der Waals surface area contributed by atoms with Gasteiger partial charge >= 0.3 is 6.09 Å². The highest BCUT2D eigenvalue weighted by molar-refractivity contribution is 6.38. The van der Waals surface area contributed by atoms with Crippen LogP contribution in [-0.4, -0.2) is 90.9 Å². The van der Waals surface area contributed by atoms with E-state index in [0.29, 0.717) is 25.5 Å². The van der Waals surface area contributed by atoms with Crippen molar-refractivity contribution in [2.24, 2.45) is 5.92 Å². The number of alkyl carbamates (subject to hydrolysis) is 1. The number of methoxy groups -OCH3 is 1. The highest BCUT2D eigenvalue weighted by Crippen LogP contribution is 2.08. The van der Waals surface area contributed by atoms with Crippen LogP contribution in [0.25, 0.3) is 0 Å². The lowest BCUT2D eigenvalue weighted by atomic mass is 10.0. The molecule has 0 saturated heterocycles. The summed E-state index contributed by atoms with van der Waals surface area (Å²) in [6, 6.07) is -2.12. The topological polar surface area (TPSA) is 163 Å². The molecule has 178 valence electrons. The summed E-state index contributed by atoms with van der Waals surface area (Å²) in [5.41, 5.74) is 0.599. The van der Waals surface area contributed by atoms with Crippen LogP contribution in [-0.2, 0) is 41.6 Å². The number of nitrogens with one attached hydrogen (secondary N) is 3. The number of ether oxygens (including phenoxy) is 3. The maximum absolute atomic E-state index is 12.9. The van der Waals surface area contributed by atoms with Gasteiger partial charge in [0, 0.05) is 20.1 Å². The Bertz CT molecular complexity index is 797. The first-order chi connectivity index (χ1) is 15.3. The maximum atomic E-state index is 12.9. The quantitative estimate of drug-likeness (QED) is 0.280. The molecule has 1 aromatic heterocycles. The zero-order valence-electron chi connectivity index (χ0n) is 18.5. The number of carbonyl (C=O) groups excluding carboxylic acids is 4. The monoisotopic (exact) mass is 454 g/mol. The average Bonchev–Trinajstić information content (AvgIpc) is 3.20. The Balaban J connectivity index is 1.97. The second-order valence-electron chi connectivity index (χ2n) is 7.44. The van der Waals surface area contributed by atoms with Crippen molar-refractivity contribution in [3.8, 4) is 0 Å². The van der Waals surface area contributed by atoms with Crippen molar-refractivity contribution in [3.05, 3.63) is 11.9 Å². The summed E-state index contributed by atoms with van der Waals surface area (Å²) in [5.74, 6) is -2.51. The molecule has 2 rings (SSSR count). The number of aromatic nitrogens is 3. The minimum absolute atomic E-state index is 0.000251. The first-order valence-corrected chi connectivity index (χ1v) is 10.3. The summed E-state index contributed by atoms with van der Waals surface area (Å²) in [4.78, 5) is 49.7. The minimum Gasteiger partial charge on any atom is -0.447 e. The normalized spacial score (nSPS) is 17.4. The van der Waals surface area contributed by atoms with Crippen LogP contribution in [0.5, 0.6) is 0 Å². The van der Waals surface area contributed by atoms with Crippen molar-refractivity contribution in [2.45, 2.75) is 38.9 Å². The largest absolute Gasteiger partial charge is 0.447 e. The Kier molecular flexibility index (Phi) is 10.0. The second kappa shape index (κ2) is 12.7. The molecule has 1 aliphatic heterocycles. The number of hydrogen-bond acceptors (Lipinski definition) is 9. The fourth-order valence-corrected chi connectivity index (χ4v) is 2.97. The number of amides is 3. The van der Waals surface area contributed by atoms with Crippen molar-refractivity contribution in [2.75, 3.05) is 40.1 Å². The Morgan fingerprint density at radius 2 is 2.00 bits per heavy atom. The van der Waals surface area contributed by atoms with Gasteiger partial charge in [-0.3, -0.25) is 14.4 Å². The van der Waals surface area contributed by atoms with E-state index in [2.05, 4.69) is 26.3 Å². The standard InChI is InChI=1S/C19H30N6O7/c1-12(2)15(23-19(29)32-9-8-31-7-6-30-3)17(27)22-14-10-13-11-21-24-25(13)5-4-20-18(28)16(14)26/h11-12,14-15H,4-10H2,1-3H3,(H,20,28)(H,22,27)(H,23,29). The number of rotatable bonds is 10. The van der Waals surface area contributed by atoms with Gasteiger partial charge in [-0.25, -0.2) is 9.48 Å². The fraction of sp³-hybridized carbons (Fsp3) is 0.684. The van der Waals surface area contributed by atoms with Crippen molar-refractivity contribution in [1.82, 2.24) is 30.9 Å². The predicted octanol–water partition coefficient (Wildman–Crippen LogP) is -1.58. The Hall–Kier alpha value is -3.06. The number of hydrogen-bond donors (Lipinski definition) is 3. The van der Waals surface area contributed by atoms with Gasteiger partial charge in [-0.1, -0.05) is 19.1 Å². The molecule has 1 aromatic rings. The minimum atomic E-state index is -1.13. The molecule has 32 heavy (non-hydrogen) atoms. The van der Waals surface area contributed by atoms with Crippen LogP contribution in [0.15, 0.2) is 6.20 Å². The lowest BCUT2D eigenvalue weighted by Gasteiger charge is -2.24. The van der Waals surface area contributed by atoms with Crippen molar-refractivity contribution >= 4 is 23.7 Å². The molecule has 1 aliphatic rings. The van der Waals surface area contributed by atoms with Crippen LogP contribution in [0.2, 0.25) is 0 Å². The van der Waals surface area contributed by atoms with E-state index in [-0.39, 0.29) is 32.1 Å². The van der Waals surface area contributed by atoms with Crippen molar-refractivity contribution < 1.29 is 33.4 Å². The van der Waals surface area contributed by atoms with Gasteiger partial charge < -0.3 is 30.2 Å². The Labute approximate surface area is 185 Å². The molecular formula is C19H30N6O7. The second-order valence-corrected chi connectivity index (χ2v) is 7.44. The number of carbonyl (C=O) groups is 4. The van der Waals surface area contributed by atoms with Gasteiger partial charge in [-0.2, -0.15) is 0 Å². The van der Waals surface area contributed by atoms with Crippen LogP contribution in [0.3, 0.4) is 0 Å². The predicted molar refractivity (Wildman–Crippen MR) is 109 cm³/mol. The molecule has 0 aromatic carbocycles. The van der Waals surface area contributed by atoms with Crippen LogP contribution in [0, 0.1) is 5.92 Å². The van der Waals surface area contributed by atoms with Gasteiger partial charge in [-0.05, 0) is 5.92 Å². The summed E-state index contributed by atoms with van der Waals surface area (Å²) >= 11 is 0. The van der Waals surface area contributed by atoms with E-state index in [0.717, 1.165) is 0 Å². The zero-order chi connectivity index (χ0) is 23.5. The molecule has 13 heteroatoms. The van der Waals surface area contributed by atoms with Crippen LogP contribution < -0.4 is 16.0 Å². The molecule has 0 radical (unpaired) electrons. The molecule has 3 amide bonds. The van der Waals surface area contributed by atoms with Gasteiger partial charge in [0.05, 0.1) is 38.3 Å². The van der Waals surface area contributed by atoms with E-state index < -0.39 is 35.8 Å². The number of fused-ring (bicyclic) bond motifs is 1. The third-order valence-electron chi connectivity index (χ3n) is 4.69. The van der Waals surface area contributed by atoms with Gasteiger partial charge in [0.15, 0.2) is 0 Å². The van der Waals surface area contributed by atoms with E-state index in [1.54, 1.807) is 25.6 Å². The van der Waals surface area contributed by atoms with Gasteiger partial charge in [0.1, 0.15) is 18.7 Å². The Morgan fingerprint density at radius 1 is 1.25 bits per heavy atom. The molecule has 0 aliphatic carbocycles. The first kappa shape index (κ1) is 25.2. The summed E-state index contributed by atoms with van der Waals surface area (Å²) in [6.07, 6.45) is 0.723. The molecule has 0 bridgehead atoms. The molecule has 0 saturated carbocycles. The summed E-state index contributed by atoms with van der Waals surface area (Å²) in [5, 5.41) is 15.3. The molecule has 3 N–H and O–H groups in total. The van der Waals surface area contributed by atoms with E-state index in [4.69, 9.17) is 14.2 Å². The van der Waals surface area contributed by atoms with Crippen molar-refractivity contribution in [3.63, 3.8) is 0 Å². The molecule has 2 heterocycles. The number of ketones is 1. The van der Waals surface area contributed by atoms with Crippen LogP contribution >= 0.6 is 0 Å². The zero-order valence-corrected chi connectivity index (χ0v) is 18.5. The smallest absolute Gasteiger partial charge is 0.407 e. The lowest BCUT2D eigenvalue weighted by molar-refractivity contribution is -0.140. The number of Topliss-reactive ketones (excluding diaryl/α,β-unsaturated/α-hetero) is 1. The van der Waals surface area contributed by atoms with E-state index in [1.807, 2.05) is 0 Å². The molecular weight excluding hydrogens is 424 g/mol. The summed E-state index contributed by atoms with van der Waals surface area (Å²) < 4.78 is 16.6. The lowest BCUT2D eigenvalue weighted by Crippen LogP contribution is -2.56. The third kappa shape index (κ3) is 7.57. The molecule has 2 unspecified atom stereocenters. The maximum Gasteiger partial charge on any atom is 0.407 e. The fourth-order valence-electron chi connectivity index (χ4n) is 2.97. The molecule has 0 fully saturated rings. The Morgan fingerprint density at radius 3 is 2.72 bits per heavy atom. The highest BCUT2D eigenvalue weighted by atomic mass is 16.6. The van der Waals surface area contributed by atoms with E-state index in [1.165, 1.54) is 6.20 Å². The SMILES string of the molecule is COCCOCCOC(=O)NC(C(=O)NC1Cc2cnnn2CCNC(=O)C1=O)C(C)C. The van der Waals surface area contributed by atoms with Crippen LogP contribution in [0.4, 0.5) is 4.79 Å². The van der Waals surface area contributed by atoms with Gasteiger partial charge in [-0.15, -0.1) is 5.10 Å². The summed E-state index contributed by atoms with van der Waals surface area (Å²) in [6.45, 7) is 5.00. The van der Waals surface area contributed by atoms with Crippen LogP contribution in [0.1, 0.15) is 19.5 Å². The third-order valence-corrected chi connectivity index (χ3v) is 4.69. The number of nitrogens with zero attached hydrogens (tertiary/aromatic N) is 3.